The molecule has 2 N–H and O–H groups in total. The molecule has 0 spiro atoms. The maximum Gasteiger partial charge on any atom is 0.258 e. The van der Waals surface area contributed by atoms with Gasteiger partial charge < -0.3 is 19.8 Å². The van der Waals surface area contributed by atoms with Crippen molar-refractivity contribution in [2.75, 3.05) is 7.11 Å². The molecule has 0 saturated heterocycles. The summed E-state index contributed by atoms with van der Waals surface area (Å²) < 4.78 is 12.5. The molecule has 6 heteroatoms. The molecular weight excluding hydrogens is 330 g/mol. The van der Waals surface area contributed by atoms with Crippen molar-refractivity contribution in [3.05, 3.63) is 69.0 Å². The maximum absolute atomic E-state index is 13.1. The second-order valence-electron chi connectivity index (χ2n) is 6.23. The topological polar surface area (TPSA) is 90.3 Å². The Hall–Kier alpha value is -3.20. The van der Waals surface area contributed by atoms with Crippen molar-refractivity contribution in [2.24, 2.45) is 12.8 Å². The van der Waals surface area contributed by atoms with Gasteiger partial charge in [0.1, 0.15) is 23.1 Å². The lowest BCUT2D eigenvalue weighted by Gasteiger charge is -2.27. The van der Waals surface area contributed by atoms with Crippen molar-refractivity contribution >= 4 is 0 Å². The molecule has 0 aliphatic carbocycles. The smallest absolute Gasteiger partial charge is 0.258 e. The highest BCUT2D eigenvalue weighted by molar-refractivity contribution is 5.55. The van der Waals surface area contributed by atoms with Crippen LogP contribution in [0.5, 0.6) is 11.5 Å². The van der Waals surface area contributed by atoms with Crippen LogP contribution in [0.25, 0.3) is 0 Å². The molecule has 1 aromatic heterocycles. The lowest BCUT2D eigenvalue weighted by molar-refractivity contribution is 0.388. The van der Waals surface area contributed by atoms with Crippen LogP contribution in [0.1, 0.15) is 36.1 Å². The van der Waals surface area contributed by atoms with Gasteiger partial charge in [-0.2, -0.15) is 5.26 Å². The van der Waals surface area contributed by atoms with Crippen LogP contribution in [0.15, 0.2) is 46.6 Å². The highest BCUT2D eigenvalue weighted by Crippen LogP contribution is 2.40. The van der Waals surface area contributed by atoms with Gasteiger partial charge in [0, 0.05) is 18.8 Å². The quantitative estimate of drug-likeness (QED) is 0.914. The van der Waals surface area contributed by atoms with Gasteiger partial charge in [-0.15, -0.1) is 0 Å². The molecule has 1 unspecified atom stereocenters. The molecule has 26 heavy (non-hydrogen) atoms. The number of nitriles is 1. The number of aromatic nitrogens is 1. The number of fused-ring (bicyclic) bond motifs is 1. The van der Waals surface area contributed by atoms with Crippen molar-refractivity contribution in [2.45, 2.75) is 25.7 Å². The van der Waals surface area contributed by atoms with Gasteiger partial charge >= 0.3 is 0 Å². The number of ether oxygens (including phenoxy) is 2. The maximum atomic E-state index is 13.1. The largest absolute Gasteiger partial charge is 0.497 e. The number of nitrogens with zero attached hydrogens (tertiary/aromatic N) is 2. The van der Waals surface area contributed by atoms with E-state index >= 15 is 0 Å². The number of nitrogens with two attached hydrogens (primary N) is 1. The SMILES string of the molecule is CCCc1cc2c(c(=O)n1C)C(c1ccc(OC)cc1)C(C#N)=C(N)O2. The first kappa shape index (κ1) is 17.6. The standard InChI is InChI=1S/C20H21N3O3/c1-4-5-13-10-16-18(20(24)23(13)2)17(15(11-21)19(22)26-16)12-6-8-14(25-3)9-7-12/h6-10,17H,4-5,22H2,1-3H3. The highest BCUT2D eigenvalue weighted by Gasteiger charge is 2.34. The fraction of sp³-hybridized carbons (Fsp3) is 0.300. The third kappa shape index (κ3) is 2.82. The van der Waals surface area contributed by atoms with Crippen LogP contribution in [-0.2, 0) is 13.5 Å². The number of benzene rings is 1. The summed E-state index contributed by atoms with van der Waals surface area (Å²) in [5.74, 6) is 0.595. The molecule has 3 rings (SSSR count). The van der Waals surface area contributed by atoms with Crippen molar-refractivity contribution in [1.29, 1.82) is 5.26 Å². The normalized spacial score (nSPS) is 15.8. The number of allylic oxidation sites excluding steroid dienone is 1. The molecule has 2 heterocycles. The predicted molar refractivity (Wildman–Crippen MR) is 98.0 cm³/mol. The zero-order valence-electron chi connectivity index (χ0n) is 15.1. The van der Waals surface area contributed by atoms with Crippen molar-refractivity contribution in [3.8, 4) is 17.6 Å². The van der Waals surface area contributed by atoms with Crippen LogP contribution in [0.4, 0.5) is 0 Å². The second-order valence-corrected chi connectivity index (χ2v) is 6.23. The summed E-state index contributed by atoms with van der Waals surface area (Å²) in [5.41, 5.74) is 8.16. The summed E-state index contributed by atoms with van der Waals surface area (Å²) in [6.45, 7) is 2.05. The van der Waals surface area contributed by atoms with Gasteiger partial charge in [-0.1, -0.05) is 25.5 Å². The van der Waals surface area contributed by atoms with Crippen LogP contribution in [0.3, 0.4) is 0 Å². The van der Waals surface area contributed by atoms with E-state index < -0.39 is 5.92 Å². The van der Waals surface area contributed by atoms with Crippen molar-refractivity contribution in [1.82, 2.24) is 4.57 Å². The Morgan fingerprint density at radius 3 is 2.62 bits per heavy atom. The first-order valence-electron chi connectivity index (χ1n) is 8.46. The van der Waals surface area contributed by atoms with Gasteiger partial charge in [0.2, 0.25) is 5.88 Å². The number of pyridine rings is 1. The Morgan fingerprint density at radius 2 is 2.04 bits per heavy atom. The molecule has 0 radical (unpaired) electrons. The molecule has 1 aliphatic rings. The Balaban J connectivity index is 2.25. The van der Waals surface area contributed by atoms with Crippen LogP contribution < -0.4 is 20.8 Å². The summed E-state index contributed by atoms with van der Waals surface area (Å²) in [4.78, 5) is 13.1. The average molecular weight is 351 g/mol. The number of methoxy groups -OCH3 is 1. The minimum absolute atomic E-state index is 0.0384. The molecule has 6 nitrogen and oxygen atoms in total. The fourth-order valence-electron chi connectivity index (χ4n) is 3.30. The zero-order chi connectivity index (χ0) is 18.8. The number of hydrogen-bond donors (Lipinski definition) is 1. The lowest BCUT2D eigenvalue weighted by atomic mass is 9.84. The molecule has 0 amide bonds. The Labute approximate surface area is 152 Å². The Bertz CT molecular complexity index is 966. The Morgan fingerprint density at radius 1 is 1.35 bits per heavy atom. The van der Waals surface area contributed by atoms with Gasteiger partial charge in [0.25, 0.3) is 5.56 Å². The molecular formula is C20H21N3O3. The molecule has 0 bridgehead atoms. The van der Waals surface area contributed by atoms with Crippen LogP contribution in [0.2, 0.25) is 0 Å². The molecule has 1 aromatic carbocycles. The van der Waals surface area contributed by atoms with E-state index in [1.165, 1.54) is 0 Å². The number of rotatable bonds is 4. The van der Waals surface area contributed by atoms with Gasteiger partial charge in [0.15, 0.2) is 0 Å². The monoisotopic (exact) mass is 351 g/mol. The van der Waals surface area contributed by atoms with E-state index in [0.717, 1.165) is 24.1 Å². The number of hydrogen-bond acceptors (Lipinski definition) is 5. The number of aryl methyl sites for hydroxylation is 1. The lowest BCUT2D eigenvalue weighted by Crippen LogP contribution is -2.32. The summed E-state index contributed by atoms with van der Waals surface area (Å²) in [6.07, 6.45) is 1.66. The van der Waals surface area contributed by atoms with Gasteiger partial charge in [-0.05, 0) is 24.1 Å². The minimum atomic E-state index is -0.566. The average Bonchev–Trinajstić information content (AvgIpc) is 2.65. The highest BCUT2D eigenvalue weighted by atomic mass is 16.5. The summed E-state index contributed by atoms with van der Waals surface area (Å²) in [5, 5.41) is 9.62. The third-order valence-electron chi connectivity index (χ3n) is 4.67. The second kappa shape index (κ2) is 6.96. The van der Waals surface area contributed by atoms with E-state index in [1.807, 2.05) is 25.1 Å². The summed E-state index contributed by atoms with van der Waals surface area (Å²) >= 11 is 0. The molecule has 1 atom stereocenters. The molecule has 1 aliphatic heterocycles. The van der Waals surface area contributed by atoms with Crippen molar-refractivity contribution in [3.63, 3.8) is 0 Å². The van der Waals surface area contributed by atoms with E-state index in [0.29, 0.717) is 17.1 Å². The molecule has 0 fully saturated rings. The van der Waals surface area contributed by atoms with Gasteiger partial charge in [-0.3, -0.25) is 4.79 Å². The first-order chi connectivity index (χ1) is 12.5. The van der Waals surface area contributed by atoms with Gasteiger partial charge in [0.05, 0.1) is 18.6 Å². The fourth-order valence-corrected chi connectivity index (χ4v) is 3.30. The minimum Gasteiger partial charge on any atom is -0.497 e. The van der Waals surface area contributed by atoms with Crippen LogP contribution in [0, 0.1) is 11.3 Å². The van der Waals surface area contributed by atoms with E-state index in [2.05, 4.69) is 6.07 Å². The van der Waals surface area contributed by atoms with Crippen molar-refractivity contribution < 1.29 is 9.47 Å². The molecule has 0 saturated carbocycles. The van der Waals surface area contributed by atoms with Gasteiger partial charge in [-0.25, -0.2) is 0 Å². The van der Waals surface area contributed by atoms with Crippen LogP contribution >= 0.6 is 0 Å². The predicted octanol–water partition coefficient (Wildman–Crippen LogP) is 2.56. The molecule has 2 aromatic rings. The van der Waals surface area contributed by atoms with Crippen LogP contribution in [-0.4, -0.2) is 11.7 Å². The zero-order valence-corrected chi connectivity index (χ0v) is 15.1. The third-order valence-corrected chi connectivity index (χ3v) is 4.67. The summed E-state index contributed by atoms with van der Waals surface area (Å²) in [6, 6.07) is 11.2. The first-order valence-corrected chi connectivity index (χ1v) is 8.46. The van der Waals surface area contributed by atoms with E-state index in [4.69, 9.17) is 15.2 Å². The van der Waals surface area contributed by atoms with E-state index in [-0.39, 0.29) is 17.0 Å². The van der Waals surface area contributed by atoms with E-state index in [9.17, 15) is 10.1 Å². The summed E-state index contributed by atoms with van der Waals surface area (Å²) in [7, 11) is 3.33. The Kier molecular flexibility index (Phi) is 4.72. The van der Waals surface area contributed by atoms with E-state index in [1.54, 1.807) is 30.9 Å². The molecule has 134 valence electrons.